The number of ether oxygens (including phenoxy) is 1. The van der Waals surface area contributed by atoms with Gasteiger partial charge in [-0.3, -0.25) is 9.59 Å². The second-order valence-electron chi connectivity index (χ2n) is 5.06. The van der Waals surface area contributed by atoms with Crippen molar-refractivity contribution in [1.29, 1.82) is 0 Å². The second-order valence-corrected chi connectivity index (χ2v) is 5.47. The summed E-state index contributed by atoms with van der Waals surface area (Å²) in [5, 5.41) is 6.97. The minimum Gasteiger partial charge on any atom is -0.496 e. The Labute approximate surface area is 150 Å². The predicted octanol–water partition coefficient (Wildman–Crippen LogP) is 3.22. The summed E-state index contributed by atoms with van der Waals surface area (Å²) < 4.78 is 5.18. The molecule has 0 radical (unpaired) electrons. The maximum Gasteiger partial charge on any atom is 0.240 e. The molecule has 25 heavy (non-hydrogen) atoms. The Balaban J connectivity index is 1.78. The number of rotatable bonds is 7. The average molecular weight is 360 g/mol. The third-order valence-corrected chi connectivity index (χ3v) is 3.59. The molecule has 0 spiro atoms. The molecule has 0 unspecified atom stereocenters. The van der Waals surface area contributed by atoms with E-state index in [0.717, 1.165) is 5.56 Å². The van der Waals surface area contributed by atoms with Crippen molar-refractivity contribution in [1.82, 2.24) is 5.43 Å². The first-order valence-corrected chi connectivity index (χ1v) is 7.97. The standard InChI is InChI=1S/C18H18ClN3O3/c1-25-16-9-5-2-6-13(16)12-20-22-18(24)11-10-17(23)21-15-8-4-3-7-14(15)19/h2-9,12H,10-11H2,1H3,(H,21,23)(H,22,24). The van der Waals surface area contributed by atoms with Crippen molar-refractivity contribution in [2.24, 2.45) is 5.10 Å². The molecule has 2 aromatic carbocycles. The van der Waals surface area contributed by atoms with Gasteiger partial charge in [-0.15, -0.1) is 0 Å². The van der Waals surface area contributed by atoms with Gasteiger partial charge in [0.15, 0.2) is 0 Å². The lowest BCUT2D eigenvalue weighted by Gasteiger charge is -2.06. The van der Waals surface area contributed by atoms with Gasteiger partial charge in [-0.2, -0.15) is 5.10 Å². The van der Waals surface area contributed by atoms with Crippen molar-refractivity contribution in [3.63, 3.8) is 0 Å². The van der Waals surface area contributed by atoms with Gasteiger partial charge in [0.1, 0.15) is 5.75 Å². The van der Waals surface area contributed by atoms with Gasteiger partial charge in [-0.25, -0.2) is 5.43 Å². The van der Waals surface area contributed by atoms with Crippen LogP contribution < -0.4 is 15.5 Å². The number of benzene rings is 2. The molecule has 0 bridgehead atoms. The van der Waals surface area contributed by atoms with Crippen molar-refractivity contribution in [2.45, 2.75) is 12.8 Å². The van der Waals surface area contributed by atoms with Gasteiger partial charge < -0.3 is 10.1 Å². The van der Waals surface area contributed by atoms with Crippen LogP contribution in [0.25, 0.3) is 0 Å². The maximum atomic E-state index is 11.8. The molecule has 2 rings (SSSR count). The predicted molar refractivity (Wildman–Crippen MR) is 98.0 cm³/mol. The Kier molecular flexibility index (Phi) is 6.98. The van der Waals surface area contributed by atoms with Crippen molar-refractivity contribution < 1.29 is 14.3 Å². The van der Waals surface area contributed by atoms with Gasteiger partial charge in [0.2, 0.25) is 11.8 Å². The number of para-hydroxylation sites is 2. The van der Waals surface area contributed by atoms with Crippen molar-refractivity contribution in [3.05, 3.63) is 59.1 Å². The lowest BCUT2D eigenvalue weighted by atomic mass is 10.2. The molecule has 0 atom stereocenters. The molecule has 0 saturated carbocycles. The van der Waals surface area contributed by atoms with E-state index >= 15 is 0 Å². The topological polar surface area (TPSA) is 79.8 Å². The van der Waals surface area contributed by atoms with Crippen molar-refractivity contribution in [2.75, 3.05) is 12.4 Å². The van der Waals surface area contributed by atoms with Crippen LogP contribution in [0, 0.1) is 0 Å². The van der Waals surface area contributed by atoms with E-state index in [1.54, 1.807) is 37.4 Å². The highest BCUT2D eigenvalue weighted by Gasteiger charge is 2.08. The van der Waals surface area contributed by atoms with E-state index in [4.69, 9.17) is 16.3 Å². The number of amides is 2. The number of carbonyl (C=O) groups is 2. The summed E-state index contributed by atoms with van der Waals surface area (Å²) >= 11 is 5.96. The number of hydrogen-bond donors (Lipinski definition) is 2. The van der Waals surface area contributed by atoms with E-state index < -0.39 is 0 Å². The molecule has 0 aliphatic heterocycles. The molecule has 0 aliphatic carbocycles. The van der Waals surface area contributed by atoms with Crippen LogP contribution in [0.5, 0.6) is 5.75 Å². The zero-order valence-corrected chi connectivity index (χ0v) is 14.4. The van der Waals surface area contributed by atoms with Crippen molar-refractivity contribution in [3.8, 4) is 5.75 Å². The average Bonchev–Trinajstić information content (AvgIpc) is 2.62. The summed E-state index contributed by atoms with van der Waals surface area (Å²) in [6, 6.07) is 14.2. The van der Waals surface area contributed by atoms with E-state index in [2.05, 4.69) is 15.8 Å². The molecule has 7 heteroatoms. The van der Waals surface area contributed by atoms with Gasteiger partial charge in [0, 0.05) is 18.4 Å². The number of carbonyl (C=O) groups excluding carboxylic acids is 2. The number of hydrazone groups is 1. The van der Waals surface area contributed by atoms with Gasteiger partial charge in [-0.05, 0) is 24.3 Å². The highest BCUT2D eigenvalue weighted by molar-refractivity contribution is 6.33. The first-order valence-electron chi connectivity index (χ1n) is 7.59. The molecule has 2 aromatic rings. The minimum atomic E-state index is -0.361. The summed E-state index contributed by atoms with van der Waals surface area (Å²) in [5.74, 6) is -0.00275. The smallest absolute Gasteiger partial charge is 0.240 e. The number of methoxy groups -OCH3 is 1. The first kappa shape index (κ1) is 18.5. The molecule has 0 saturated heterocycles. The maximum absolute atomic E-state index is 11.8. The summed E-state index contributed by atoms with van der Waals surface area (Å²) in [6.07, 6.45) is 1.53. The minimum absolute atomic E-state index is 0.0134. The van der Waals surface area contributed by atoms with Crippen LogP contribution in [-0.4, -0.2) is 25.1 Å². The first-order chi connectivity index (χ1) is 12.1. The molecule has 0 aromatic heterocycles. The number of anilines is 1. The largest absolute Gasteiger partial charge is 0.496 e. The Morgan fingerprint density at radius 2 is 1.76 bits per heavy atom. The summed E-state index contributed by atoms with van der Waals surface area (Å²) in [5.41, 5.74) is 3.64. The molecule has 0 fully saturated rings. The molecule has 0 heterocycles. The van der Waals surface area contributed by atoms with E-state index in [9.17, 15) is 9.59 Å². The lowest BCUT2D eigenvalue weighted by molar-refractivity contribution is -0.124. The molecule has 130 valence electrons. The van der Waals surface area contributed by atoms with Crippen molar-refractivity contribution >= 4 is 35.3 Å². The molecule has 2 N–H and O–H groups in total. The Morgan fingerprint density at radius 3 is 2.52 bits per heavy atom. The van der Waals surface area contributed by atoms with E-state index in [-0.39, 0.29) is 24.7 Å². The number of halogens is 1. The van der Waals surface area contributed by atoms with Crippen LogP contribution >= 0.6 is 11.6 Å². The highest BCUT2D eigenvalue weighted by Crippen LogP contribution is 2.20. The van der Waals surface area contributed by atoms with Gasteiger partial charge >= 0.3 is 0 Å². The van der Waals surface area contributed by atoms with Crippen LogP contribution in [0.1, 0.15) is 18.4 Å². The lowest BCUT2D eigenvalue weighted by Crippen LogP contribution is -2.20. The molecule has 0 aliphatic rings. The number of hydrogen-bond acceptors (Lipinski definition) is 4. The van der Waals surface area contributed by atoms with Crippen LogP contribution in [0.15, 0.2) is 53.6 Å². The molecular formula is C18H18ClN3O3. The van der Waals surface area contributed by atoms with Crippen LogP contribution in [0.3, 0.4) is 0 Å². The fourth-order valence-corrected chi connectivity index (χ4v) is 2.19. The highest BCUT2D eigenvalue weighted by atomic mass is 35.5. The van der Waals surface area contributed by atoms with E-state index in [0.29, 0.717) is 16.5 Å². The zero-order valence-electron chi connectivity index (χ0n) is 13.7. The summed E-state index contributed by atoms with van der Waals surface area (Å²) in [7, 11) is 1.56. The quantitative estimate of drug-likeness (QED) is 0.588. The Bertz CT molecular complexity index is 778. The van der Waals surface area contributed by atoms with Gasteiger partial charge in [0.25, 0.3) is 0 Å². The molecule has 6 nitrogen and oxygen atoms in total. The SMILES string of the molecule is COc1ccccc1C=NNC(=O)CCC(=O)Nc1ccccc1Cl. The van der Waals surface area contributed by atoms with Gasteiger partial charge in [-0.1, -0.05) is 35.9 Å². The third-order valence-electron chi connectivity index (χ3n) is 3.26. The monoisotopic (exact) mass is 359 g/mol. The third kappa shape index (κ3) is 5.93. The fraction of sp³-hybridized carbons (Fsp3) is 0.167. The Hall–Kier alpha value is -2.86. The van der Waals surface area contributed by atoms with Crippen LogP contribution in [0.2, 0.25) is 5.02 Å². The van der Waals surface area contributed by atoms with Crippen LogP contribution in [-0.2, 0) is 9.59 Å². The molecule has 2 amide bonds. The zero-order chi connectivity index (χ0) is 18.1. The summed E-state index contributed by atoms with van der Waals surface area (Å²) in [6.45, 7) is 0. The summed E-state index contributed by atoms with van der Waals surface area (Å²) in [4.78, 5) is 23.6. The van der Waals surface area contributed by atoms with Crippen LogP contribution in [0.4, 0.5) is 5.69 Å². The van der Waals surface area contributed by atoms with Gasteiger partial charge in [0.05, 0.1) is 24.0 Å². The normalized spacial score (nSPS) is 10.5. The van der Waals surface area contributed by atoms with E-state index in [1.165, 1.54) is 6.21 Å². The number of nitrogens with zero attached hydrogens (tertiary/aromatic N) is 1. The fourth-order valence-electron chi connectivity index (χ4n) is 2.01. The number of nitrogens with one attached hydrogen (secondary N) is 2. The Morgan fingerprint density at radius 1 is 1.08 bits per heavy atom. The second kappa shape index (κ2) is 9.44. The molecular weight excluding hydrogens is 342 g/mol. The van der Waals surface area contributed by atoms with E-state index in [1.807, 2.05) is 18.2 Å².